The number of nitrogens with one attached hydrogen (secondary N) is 1. The van der Waals surface area contributed by atoms with Gasteiger partial charge in [0.25, 0.3) is 0 Å². The minimum absolute atomic E-state index is 0.512. The molecule has 1 aromatic rings. The molecule has 2 aliphatic carbocycles. The van der Waals surface area contributed by atoms with Gasteiger partial charge in [0.15, 0.2) is 0 Å². The SMILES string of the molecule is Clc1cc(NC(C2CC2)C2CC2)ncn1. The van der Waals surface area contributed by atoms with Crippen molar-refractivity contribution in [2.24, 2.45) is 11.8 Å². The van der Waals surface area contributed by atoms with E-state index in [9.17, 15) is 0 Å². The Bertz CT molecular complexity index is 349. The summed E-state index contributed by atoms with van der Waals surface area (Å²) in [4.78, 5) is 8.08. The highest BCUT2D eigenvalue weighted by atomic mass is 35.5. The molecule has 4 heteroatoms. The molecule has 3 nitrogen and oxygen atoms in total. The Morgan fingerprint density at radius 1 is 1.20 bits per heavy atom. The smallest absolute Gasteiger partial charge is 0.134 e. The summed E-state index contributed by atoms with van der Waals surface area (Å²) in [6.45, 7) is 0. The van der Waals surface area contributed by atoms with Crippen molar-refractivity contribution in [3.05, 3.63) is 17.5 Å². The van der Waals surface area contributed by atoms with Gasteiger partial charge in [0.2, 0.25) is 0 Å². The van der Waals surface area contributed by atoms with E-state index in [-0.39, 0.29) is 0 Å². The molecular formula is C11H14ClN3. The van der Waals surface area contributed by atoms with Crippen LogP contribution in [0, 0.1) is 11.8 Å². The molecule has 0 aliphatic heterocycles. The van der Waals surface area contributed by atoms with Crippen molar-refractivity contribution in [1.82, 2.24) is 9.97 Å². The van der Waals surface area contributed by atoms with Crippen molar-refractivity contribution >= 4 is 17.4 Å². The summed E-state index contributed by atoms with van der Waals surface area (Å²) in [6.07, 6.45) is 6.99. The zero-order valence-electron chi connectivity index (χ0n) is 8.49. The fourth-order valence-electron chi connectivity index (χ4n) is 2.11. The molecule has 3 rings (SSSR count). The second kappa shape index (κ2) is 3.63. The van der Waals surface area contributed by atoms with Crippen LogP contribution in [0.1, 0.15) is 25.7 Å². The van der Waals surface area contributed by atoms with Crippen LogP contribution in [0.5, 0.6) is 0 Å². The van der Waals surface area contributed by atoms with Crippen LogP contribution in [0.3, 0.4) is 0 Å². The van der Waals surface area contributed by atoms with Crippen LogP contribution in [0.15, 0.2) is 12.4 Å². The van der Waals surface area contributed by atoms with E-state index in [1.165, 1.54) is 32.0 Å². The average Bonchev–Trinajstić information content (AvgIpc) is 3.07. The van der Waals surface area contributed by atoms with Crippen LogP contribution in [-0.2, 0) is 0 Å². The normalized spacial score (nSPS) is 20.7. The Morgan fingerprint density at radius 2 is 1.87 bits per heavy atom. The Balaban J connectivity index is 1.71. The van der Waals surface area contributed by atoms with Crippen LogP contribution in [0.4, 0.5) is 5.82 Å². The molecule has 0 amide bonds. The Morgan fingerprint density at radius 3 is 2.40 bits per heavy atom. The number of aromatic nitrogens is 2. The Labute approximate surface area is 94.3 Å². The maximum Gasteiger partial charge on any atom is 0.134 e. The average molecular weight is 224 g/mol. The molecule has 80 valence electrons. The summed E-state index contributed by atoms with van der Waals surface area (Å²) in [5.74, 6) is 2.61. The monoisotopic (exact) mass is 223 g/mol. The summed E-state index contributed by atoms with van der Waals surface area (Å²) >= 11 is 5.83. The first kappa shape index (κ1) is 9.40. The minimum atomic E-state index is 0.512. The van der Waals surface area contributed by atoms with E-state index in [4.69, 9.17) is 11.6 Å². The molecule has 0 radical (unpaired) electrons. The van der Waals surface area contributed by atoms with E-state index in [1.54, 1.807) is 6.07 Å². The van der Waals surface area contributed by atoms with Gasteiger partial charge in [0, 0.05) is 12.1 Å². The standard InChI is InChI=1S/C11H14ClN3/c12-9-5-10(14-6-13-9)15-11(7-1-2-7)8-3-4-8/h5-8,11H,1-4H2,(H,13,14,15). The van der Waals surface area contributed by atoms with Gasteiger partial charge in [0.05, 0.1) is 0 Å². The Kier molecular flexibility index (Phi) is 2.28. The molecule has 0 spiro atoms. The molecule has 0 saturated heterocycles. The van der Waals surface area contributed by atoms with Gasteiger partial charge in [-0.2, -0.15) is 0 Å². The van der Waals surface area contributed by atoms with Gasteiger partial charge in [-0.1, -0.05) is 11.6 Å². The molecule has 15 heavy (non-hydrogen) atoms. The fraction of sp³-hybridized carbons (Fsp3) is 0.636. The van der Waals surface area contributed by atoms with Gasteiger partial charge < -0.3 is 5.32 Å². The van der Waals surface area contributed by atoms with Crippen LogP contribution in [0.25, 0.3) is 0 Å². The molecule has 1 heterocycles. The molecule has 2 aliphatic rings. The summed E-state index contributed by atoms with van der Waals surface area (Å²) in [6, 6.07) is 2.43. The number of anilines is 1. The van der Waals surface area contributed by atoms with Gasteiger partial charge in [-0.05, 0) is 37.5 Å². The van der Waals surface area contributed by atoms with Crippen LogP contribution in [0.2, 0.25) is 5.15 Å². The summed E-state index contributed by atoms with van der Waals surface area (Å²) in [5, 5.41) is 4.02. The van der Waals surface area contributed by atoms with Crippen molar-refractivity contribution in [3.63, 3.8) is 0 Å². The summed E-state index contributed by atoms with van der Waals surface area (Å²) in [5.41, 5.74) is 0. The van der Waals surface area contributed by atoms with Crippen molar-refractivity contribution in [3.8, 4) is 0 Å². The van der Waals surface area contributed by atoms with Gasteiger partial charge in [-0.3, -0.25) is 0 Å². The third-order valence-corrected chi connectivity index (χ3v) is 3.41. The molecule has 2 fully saturated rings. The minimum Gasteiger partial charge on any atom is -0.367 e. The van der Waals surface area contributed by atoms with Crippen LogP contribution >= 0.6 is 11.6 Å². The van der Waals surface area contributed by atoms with Crippen LogP contribution < -0.4 is 5.32 Å². The summed E-state index contributed by atoms with van der Waals surface area (Å²) < 4.78 is 0. The lowest BCUT2D eigenvalue weighted by Gasteiger charge is -2.17. The van der Waals surface area contributed by atoms with Gasteiger partial charge in [-0.25, -0.2) is 9.97 Å². The first-order valence-corrected chi connectivity index (χ1v) is 5.95. The second-order valence-electron chi connectivity index (χ2n) is 4.57. The lowest BCUT2D eigenvalue weighted by molar-refractivity contribution is 0.565. The maximum absolute atomic E-state index is 5.83. The predicted octanol–water partition coefficient (Wildman–Crippen LogP) is 2.73. The molecule has 1 N–H and O–H groups in total. The topological polar surface area (TPSA) is 37.8 Å². The fourth-order valence-corrected chi connectivity index (χ4v) is 2.26. The van der Waals surface area contributed by atoms with E-state index < -0.39 is 0 Å². The summed E-state index contributed by atoms with van der Waals surface area (Å²) in [7, 11) is 0. The van der Waals surface area contributed by atoms with Crippen molar-refractivity contribution in [2.75, 3.05) is 5.32 Å². The molecule has 0 unspecified atom stereocenters. The molecular weight excluding hydrogens is 210 g/mol. The number of hydrogen-bond donors (Lipinski definition) is 1. The van der Waals surface area contributed by atoms with Crippen molar-refractivity contribution < 1.29 is 0 Å². The zero-order chi connectivity index (χ0) is 10.3. The molecule has 0 bridgehead atoms. The number of nitrogens with zero attached hydrogens (tertiary/aromatic N) is 2. The van der Waals surface area contributed by atoms with Crippen molar-refractivity contribution in [2.45, 2.75) is 31.7 Å². The third-order valence-electron chi connectivity index (χ3n) is 3.21. The largest absolute Gasteiger partial charge is 0.367 e. The molecule has 1 aromatic heterocycles. The van der Waals surface area contributed by atoms with E-state index in [0.717, 1.165) is 17.7 Å². The van der Waals surface area contributed by atoms with Crippen LogP contribution in [-0.4, -0.2) is 16.0 Å². The molecule has 0 atom stereocenters. The van der Waals surface area contributed by atoms with Gasteiger partial charge in [0.1, 0.15) is 17.3 Å². The number of hydrogen-bond acceptors (Lipinski definition) is 3. The highest BCUT2D eigenvalue weighted by Gasteiger charge is 2.41. The first-order valence-electron chi connectivity index (χ1n) is 5.57. The highest BCUT2D eigenvalue weighted by Crippen LogP contribution is 2.45. The zero-order valence-corrected chi connectivity index (χ0v) is 9.24. The second-order valence-corrected chi connectivity index (χ2v) is 4.96. The van der Waals surface area contributed by atoms with Gasteiger partial charge >= 0.3 is 0 Å². The highest BCUT2D eigenvalue weighted by molar-refractivity contribution is 6.29. The van der Waals surface area contributed by atoms with Crippen molar-refractivity contribution in [1.29, 1.82) is 0 Å². The Hall–Kier alpha value is -0.830. The molecule has 2 saturated carbocycles. The molecule has 0 aromatic carbocycles. The van der Waals surface area contributed by atoms with E-state index >= 15 is 0 Å². The number of halogens is 1. The van der Waals surface area contributed by atoms with E-state index in [2.05, 4.69) is 15.3 Å². The van der Waals surface area contributed by atoms with Gasteiger partial charge in [-0.15, -0.1) is 0 Å². The third kappa shape index (κ3) is 2.23. The predicted molar refractivity (Wildman–Crippen MR) is 59.9 cm³/mol. The lowest BCUT2D eigenvalue weighted by atomic mass is 10.1. The van der Waals surface area contributed by atoms with E-state index in [1.807, 2.05) is 0 Å². The number of rotatable bonds is 4. The lowest BCUT2D eigenvalue weighted by Crippen LogP contribution is -2.24. The quantitative estimate of drug-likeness (QED) is 0.798. The maximum atomic E-state index is 5.83. The first-order chi connectivity index (χ1) is 7.33. The van der Waals surface area contributed by atoms with E-state index in [0.29, 0.717) is 11.2 Å².